The van der Waals surface area contributed by atoms with Gasteiger partial charge in [-0.1, -0.05) is 18.2 Å². The molecule has 2 N–H and O–H groups in total. The van der Waals surface area contributed by atoms with E-state index >= 15 is 0 Å². The van der Waals surface area contributed by atoms with Crippen LogP contribution in [0.3, 0.4) is 0 Å². The number of hydrogen-bond donors (Lipinski definition) is 2. The summed E-state index contributed by atoms with van der Waals surface area (Å²) in [5.41, 5.74) is 1.35. The minimum Gasteiger partial charge on any atom is -0.497 e. The summed E-state index contributed by atoms with van der Waals surface area (Å²) >= 11 is 0. The van der Waals surface area contributed by atoms with Gasteiger partial charge in [-0.05, 0) is 34.5 Å². The van der Waals surface area contributed by atoms with Gasteiger partial charge in [0.1, 0.15) is 5.75 Å². The Kier molecular flexibility index (Phi) is 4.64. The van der Waals surface area contributed by atoms with Gasteiger partial charge in [-0.15, -0.1) is 12.4 Å². The van der Waals surface area contributed by atoms with Gasteiger partial charge in [-0.3, -0.25) is 0 Å². The molecule has 0 amide bonds. The second kappa shape index (κ2) is 6.24. The fourth-order valence-electron chi connectivity index (χ4n) is 2.48. The number of piperazine rings is 1. The van der Waals surface area contributed by atoms with Crippen LogP contribution >= 0.6 is 12.4 Å². The van der Waals surface area contributed by atoms with E-state index in [2.05, 4.69) is 41.0 Å². The summed E-state index contributed by atoms with van der Waals surface area (Å²) in [6, 6.07) is 13.3. The van der Waals surface area contributed by atoms with Crippen LogP contribution in [-0.2, 0) is 0 Å². The molecule has 1 atom stereocenters. The molecular weight excluding hydrogens is 260 g/mol. The molecule has 0 unspecified atom stereocenters. The number of nitrogens with one attached hydrogen (secondary N) is 2. The summed E-state index contributed by atoms with van der Waals surface area (Å²) in [7, 11) is 1.70. The first kappa shape index (κ1) is 14.1. The molecule has 2 aromatic carbocycles. The Labute approximate surface area is 119 Å². The molecular formula is C15H19ClN2O. The standard InChI is InChI=1S/C15H18N2O.ClH/c1-18-14-5-4-11-8-13(3-2-12(11)9-14)15-10-16-6-7-17-15;/h2-5,8-9,15-17H,6-7,10H2,1H3;1H/t15-;/m0./s1. The number of benzene rings is 2. The lowest BCUT2D eigenvalue weighted by Gasteiger charge is -2.25. The third kappa shape index (κ3) is 3.00. The van der Waals surface area contributed by atoms with E-state index in [0.717, 1.165) is 25.4 Å². The van der Waals surface area contributed by atoms with Crippen LogP contribution in [0.4, 0.5) is 0 Å². The van der Waals surface area contributed by atoms with Crippen molar-refractivity contribution in [2.75, 3.05) is 26.7 Å². The van der Waals surface area contributed by atoms with Crippen LogP contribution in [0.25, 0.3) is 10.8 Å². The molecule has 3 nitrogen and oxygen atoms in total. The Bertz CT molecular complexity index is 553. The van der Waals surface area contributed by atoms with Crippen LogP contribution in [0.1, 0.15) is 11.6 Å². The van der Waals surface area contributed by atoms with Gasteiger partial charge in [0.05, 0.1) is 7.11 Å². The molecule has 1 saturated heterocycles. The number of rotatable bonds is 2. The first-order valence-corrected chi connectivity index (χ1v) is 6.38. The lowest BCUT2D eigenvalue weighted by Crippen LogP contribution is -2.42. The van der Waals surface area contributed by atoms with Gasteiger partial charge < -0.3 is 15.4 Å². The molecule has 2 aromatic rings. The van der Waals surface area contributed by atoms with Crippen molar-refractivity contribution >= 4 is 23.2 Å². The van der Waals surface area contributed by atoms with Gasteiger partial charge in [0.2, 0.25) is 0 Å². The van der Waals surface area contributed by atoms with E-state index in [1.807, 2.05) is 6.07 Å². The predicted molar refractivity (Wildman–Crippen MR) is 81.4 cm³/mol. The monoisotopic (exact) mass is 278 g/mol. The van der Waals surface area contributed by atoms with Crippen molar-refractivity contribution in [3.05, 3.63) is 42.0 Å². The van der Waals surface area contributed by atoms with Crippen LogP contribution in [0.5, 0.6) is 5.75 Å². The summed E-state index contributed by atoms with van der Waals surface area (Å²) in [6.07, 6.45) is 0. The maximum atomic E-state index is 5.25. The zero-order valence-electron chi connectivity index (χ0n) is 11.0. The summed E-state index contributed by atoms with van der Waals surface area (Å²) in [6.45, 7) is 3.09. The van der Waals surface area contributed by atoms with E-state index in [4.69, 9.17) is 4.74 Å². The molecule has 1 aliphatic rings. The maximum absolute atomic E-state index is 5.25. The largest absolute Gasteiger partial charge is 0.497 e. The maximum Gasteiger partial charge on any atom is 0.119 e. The van der Waals surface area contributed by atoms with Crippen molar-refractivity contribution < 1.29 is 4.74 Å². The minimum absolute atomic E-state index is 0. The van der Waals surface area contributed by atoms with Crippen molar-refractivity contribution in [2.45, 2.75) is 6.04 Å². The summed E-state index contributed by atoms with van der Waals surface area (Å²) in [5, 5.41) is 9.44. The highest BCUT2D eigenvalue weighted by molar-refractivity contribution is 5.85. The molecule has 1 aliphatic heterocycles. The summed E-state index contributed by atoms with van der Waals surface area (Å²) in [5.74, 6) is 0.910. The van der Waals surface area contributed by atoms with Crippen molar-refractivity contribution in [3.63, 3.8) is 0 Å². The van der Waals surface area contributed by atoms with Gasteiger partial charge in [-0.2, -0.15) is 0 Å². The quantitative estimate of drug-likeness (QED) is 0.886. The zero-order valence-corrected chi connectivity index (χ0v) is 11.8. The number of halogens is 1. The molecule has 102 valence electrons. The second-order valence-electron chi connectivity index (χ2n) is 4.68. The Morgan fingerprint density at radius 3 is 2.58 bits per heavy atom. The van der Waals surface area contributed by atoms with E-state index in [0.29, 0.717) is 6.04 Å². The highest BCUT2D eigenvalue weighted by Gasteiger charge is 2.14. The number of hydrogen-bond acceptors (Lipinski definition) is 3. The van der Waals surface area contributed by atoms with Crippen LogP contribution in [0.2, 0.25) is 0 Å². The zero-order chi connectivity index (χ0) is 12.4. The van der Waals surface area contributed by atoms with E-state index in [-0.39, 0.29) is 12.4 Å². The molecule has 19 heavy (non-hydrogen) atoms. The van der Waals surface area contributed by atoms with Gasteiger partial charge in [0, 0.05) is 25.7 Å². The highest BCUT2D eigenvalue weighted by Crippen LogP contribution is 2.24. The second-order valence-corrected chi connectivity index (χ2v) is 4.68. The first-order chi connectivity index (χ1) is 8.86. The topological polar surface area (TPSA) is 33.3 Å². The number of methoxy groups -OCH3 is 1. The van der Waals surface area contributed by atoms with Gasteiger partial charge >= 0.3 is 0 Å². The molecule has 0 radical (unpaired) electrons. The number of fused-ring (bicyclic) bond motifs is 1. The Morgan fingerprint density at radius 1 is 1.05 bits per heavy atom. The Hall–Kier alpha value is -1.29. The molecule has 0 aromatic heterocycles. The van der Waals surface area contributed by atoms with Gasteiger partial charge in [-0.25, -0.2) is 0 Å². The van der Waals surface area contributed by atoms with E-state index in [9.17, 15) is 0 Å². The van der Waals surface area contributed by atoms with Crippen molar-refractivity contribution in [3.8, 4) is 5.75 Å². The molecule has 3 rings (SSSR count). The summed E-state index contributed by atoms with van der Waals surface area (Å²) in [4.78, 5) is 0. The summed E-state index contributed by atoms with van der Waals surface area (Å²) < 4.78 is 5.25. The lowest BCUT2D eigenvalue weighted by molar-refractivity contribution is 0.415. The molecule has 0 spiro atoms. The van der Waals surface area contributed by atoms with Crippen molar-refractivity contribution in [1.29, 1.82) is 0 Å². The molecule has 0 bridgehead atoms. The Balaban J connectivity index is 0.00000133. The van der Waals surface area contributed by atoms with Crippen LogP contribution in [0, 0.1) is 0 Å². The minimum atomic E-state index is 0. The Morgan fingerprint density at radius 2 is 1.84 bits per heavy atom. The van der Waals surface area contributed by atoms with E-state index < -0.39 is 0 Å². The van der Waals surface area contributed by atoms with E-state index in [1.165, 1.54) is 16.3 Å². The number of ether oxygens (including phenoxy) is 1. The molecule has 1 fully saturated rings. The predicted octanol–water partition coefficient (Wildman–Crippen LogP) is 2.50. The molecule has 1 heterocycles. The SMILES string of the molecule is COc1ccc2cc([C@@H]3CNCCN3)ccc2c1.Cl. The average molecular weight is 279 g/mol. The van der Waals surface area contributed by atoms with E-state index in [1.54, 1.807) is 7.11 Å². The van der Waals surface area contributed by atoms with Crippen LogP contribution in [0.15, 0.2) is 36.4 Å². The molecule has 0 aliphatic carbocycles. The smallest absolute Gasteiger partial charge is 0.119 e. The molecule has 0 saturated carbocycles. The van der Waals surface area contributed by atoms with Crippen molar-refractivity contribution in [2.24, 2.45) is 0 Å². The average Bonchev–Trinajstić information content (AvgIpc) is 2.47. The van der Waals surface area contributed by atoms with Gasteiger partial charge in [0.15, 0.2) is 0 Å². The van der Waals surface area contributed by atoms with Crippen LogP contribution in [-0.4, -0.2) is 26.7 Å². The fourth-order valence-corrected chi connectivity index (χ4v) is 2.48. The first-order valence-electron chi connectivity index (χ1n) is 6.38. The third-order valence-electron chi connectivity index (χ3n) is 3.51. The normalized spacial score (nSPS) is 18.9. The fraction of sp³-hybridized carbons (Fsp3) is 0.333. The lowest BCUT2D eigenvalue weighted by atomic mass is 10.0. The molecule has 4 heteroatoms. The van der Waals surface area contributed by atoms with Crippen LogP contribution < -0.4 is 15.4 Å². The third-order valence-corrected chi connectivity index (χ3v) is 3.51. The highest BCUT2D eigenvalue weighted by atomic mass is 35.5. The van der Waals surface area contributed by atoms with Crippen molar-refractivity contribution in [1.82, 2.24) is 10.6 Å². The van der Waals surface area contributed by atoms with Gasteiger partial charge in [0.25, 0.3) is 0 Å².